The second kappa shape index (κ2) is 28.9. The van der Waals surface area contributed by atoms with Gasteiger partial charge in [0.15, 0.2) is 0 Å². The van der Waals surface area contributed by atoms with Crippen molar-refractivity contribution in [2.75, 3.05) is 132 Å². The molecular formula is C41H76O16. The standard InChI is InChI=1S/C41H76O16/c1-37(2,3)33(42)54-25-21-46-13-17-50-29-41(30-51-18-14-47-22-26-55-34(43)38(4,5)6,31-52-19-15-48-23-27-56-35(44)39(7,8)9)32-53-20-16-49-24-28-57-36(45)40(10,11)12/h13-32H2,1-12H3. The van der Waals surface area contributed by atoms with E-state index in [0.29, 0.717) is 0 Å². The van der Waals surface area contributed by atoms with Gasteiger partial charge in [0.25, 0.3) is 0 Å². The normalized spacial score (nSPS) is 12.7. The van der Waals surface area contributed by atoms with Crippen molar-refractivity contribution in [2.24, 2.45) is 27.1 Å². The second-order valence-corrected chi connectivity index (χ2v) is 17.7. The maximum Gasteiger partial charge on any atom is 0.311 e. The fourth-order valence-electron chi connectivity index (χ4n) is 3.92. The van der Waals surface area contributed by atoms with Gasteiger partial charge in [0.2, 0.25) is 0 Å². The summed E-state index contributed by atoms with van der Waals surface area (Å²) in [6.45, 7) is 25.7. The molecule has 16 nitrogen and oxygen atoms in total. The van der Waals surface area contributed by atoms with Gasteiger partial charge in [-0.1, -0.05) is 0 Å². The monoisotopic (exact) mass is 825 g/mol. The minimum atomic E-state index is -0.769. The third kappa shape index (κ3) is 29.4. The highest BCUT2D eigenvalue weighted by atomic mass is 16.6. The summed E-state index contributed by atoms with van der Waals surface area (Å²) in [7, 11) is 0. The maximum atomic E-state index is 12.0. The van der Waals surface area contributed by atoms with Crippen molar-refractivity contribution in [1.82, 2.24) is 0 Å². The number of hydrogen-bond acceptors (Lipinski definition) is 16. The highest BCUT2D eigenvalue weighted by Gasteiger charge is 2.33. The van der Waals surface area contributed by atoms with E-state index in [0.717, 1.165) is 0 Å². The number of carbonyl (C=O) groups is 4. The van der Waals surface area contributed by atoms with Crippen LogP contribution in [-0.4, -0.2) is 156 Å². The van der Waals surface area contributed by atoms with E-state index in [1.54, 1.807) is 83.1 Å². The Labute approximate surface area is 341 Å². The fraction of sp³-hybridized carbons (Fsp3) is 0.902. The summed E-state index contributed by atoms with van der Waals surface area (Å²) in [5, 5.41) is 0. The lowest BCUT2D eigenvalue weighted by Crippen LogP contribution is -2.43. The maximum absolute atomic E-state index is 12.0. The molecule has 0 aliphatic heterocycles. The van der Waals surface area contributed by atoms with Crippen LogP contribution in [-0.2, 0) is 76.0 Å². The number of carbonyl (C=O) groups excluding carboxylic acids is 4. The van der Waals surface area contributed by atoms with Crippen LogP contribution < -0.4 is 0 Å². The lowest BCUT2D eigenvalue weighted by molar-refractivity contribution is -0.155. The van der Waals surface area contributed by atoms with Crippen molar-refractivity contribution in [2.45, 2.75) is 83.1 Å². The number of ether oxygens (including phenoxy) is 12. The van der Waals surface area contributed by atoms with E-state index in [4.69, 9.17) is 56.8 Å². The second-order valence-electron chi connectivity index (χ2n) is 17.7. The van der Waals surface area contributed by atoms with E-state index >= 15 is 0 Å². The van der Waals surface area contributed by atoms with Crippen LogP contribution in [0.3, 0.4) is 0 Å². The molecule has 0 atom stereocenters. The minimum Gasteiger partial charge on any atom is -0.463 e. The molecule has 0 radical (unpaired) electrons. The highest BCUT2D eigenvalue weighted by molar-refractivity contribution is 5.76. The molecule has 0 bridgehead atoms. The molecule has 0 aromatic rings. The van der Waals surface area contributed by atoms with Gasteiger partial charge in [0.1, 0.15) is 26.4 Å². The van der Waals surface area contributed by atoms with Crippen LogP contribution in [0.1, 0.15) is 83.1 Å². The Morgan fingerprint density at radius 2 is 0.421 bits per heavy atom. The molecule has 0 N–H and O–H groups in total. The zero-order valence-corrected chi connectivity index (χ0v) is 37.2. The average Bonchev–Trinajstić information content (AvgIpc) is 3.10. The average molecular weight is 825 g/mol. The summed E-state index contributed by atoms with van der Waals surface area (Å²) < 4.78 is 67.6. The van der Waals surface area contributed by atoms with Gasteiger partial charge < -0.3 is 56.8 Å². The van der Waals surface area contributed by atoms with Gasteiger partial charge in [-0.25, -0.2) is 0 Å². The Balaban J connectivity index is 5.28. The highest BCUT2D eigenvalue weighted by Crippen LogP contribution is 2.22. The molecule has 0 unspecified atom stereocenters. The van der Waals surface area contributed by atoms with E-state index in [1.807, 2.05) is 0 Å². The van der Waals surface area contributed by atoms with Crippen molar-refractivity contribution in [3.63, 3.8) is 0 Å². The Kier molecular flexibility index (Phi) is 27.7. The van der Waals surface area contributed by atoms with E-state index in [1.165, 1.54) is 0 Å². The molecule has 0 aromatic heterocycles. The molecular weight excluding hydrogens is 748 g/mol. The first-order valence-corrected chi connectivity index (χ1v) is 19.8. The molecule has 16 heteroatoms. The van der Waals surface area contributed by atoms with Gasteiger partial charge in [0.05, 0.1) is 133 Å². The Hall–Kier alpha value is -2.44. The van der Waals surface area contributed by atoms with Crippen LogP contribution in [0.15, 0.2) is 0 Å². The molecule has 0 saturated heterocycles. The van der Waals surface area contributed by atoms with Crippen molar-refractivity contribution in [3.8, 4) is 0 Å². The van der Waals surface area contributed by atoms with E-state index < -0.39 is 27.1 Å². The number of rotatable bonds is 32. The molecule has 0 fully saturated rings. The predicted molar refractivity (Wildman–Crippen MR) is 211 cm³/mol. The summed E-state index contributed by atoms with van der Waals surface area (Å²) in [4.78, 5) is 48.0. The molecule has 336 valence electrons. The van der Waals surface area contributed by atoms with E-state index in [-0.39, 0.29) is 156 Å². The molecule has 0 aliphatic carbocycles. The summed E-state index contributed by atoms with van der Waals surface area (Å²) in [6, 6.07) is 0. The van der Waals surface area contributed by atoms with Crippen molar-refractivity contribution < 1.29 is 76.0 Å². The lowest BCUT2D eigenvalue weighted by Gasteiger charge is -2.33. The third-order valence-corrected chi connectivity index (χ3v) is 7.41. The quantitative estimate of drug-likeness (QED) is 0.0527. The molecule has 57 heavy (non-hydrogen) atoms. The van der Waals surface area contributed by atoms with Crippen molar-refractivity contribution in [3.05, 3.63) is 0 Å². The van der Waals surface area contributed by atoms with Crippen LogP contribution >= 0.6 is 0 Å². The predicted octanol–water partition coefficient (Wildman–Crippen LogP) is 4.46. The van der Waals surface area contributed by atoms with Crippen LogP contribution in [0, 0.1) is 27.1 Å². The van der Waals surface area contributed by atoms with Crippen LogP contribution in [0.5, 0.6) is 0 Å². The van der Waals surface area contributed by atoms with Crippen molar-refractivity contribution in [1.29, 1.82) is 0 Å². The van der Waals surface area contributed by atoms with Gasteiger partial charge in [-0.3, -0.25) is 19.2 Å². The Morgan fingerprint density at radius 3 is 0.596 bits per heavy atom. The summed E-state index contributed by atoms with van der Waals surface area (Å²) >= 11 is 0. The summed E-state index contributed by atoms with van der Waals surface area (Å²) in [5.41, 5.74) is -3.13. The first-order chi connectivity index (χ1) is 26.5. The zero-order valence-electron chi connectivity index (χ0n) is 37.2. The molecule has 0 saturated carbocycles. The zero-order chi connectivity index (χ0) is 43.4. The smallest absolute Gasteiger partial charge is 0.311 e. The third-order valence-electron chi connectivity index (χ3n) is 7.41. The number of hydrogen-bond donors (Lipinski definition) is 0. The largest absolute Gasteiger partial charge is 0.463 e. The lowest BCUT2D eigenvalue weighted by atomic mass is 9.92. The van der Waals surface area contributed by atoms with Crippen LogP contribution in [0.2, 0.25) is 0 Å². The fourth-order valence-corrected chi connectivity index (χ4v) is 3.92. The Morgan fingerprint density at radius 1 is 0.263 bits per heavy atom. The van der Waals surface area contributed by atoms with Gasteiger partial charge in [-0.15, -0.1) is 0 Å². The Bertz CT molecular complexity index is 925. The van der Waals surface area contributed by atoms with Gasteiger partial charge >= 0.3 is 23.9 Å². The molecule has 0 heterocycles. The molecule has 0 amide bonds. The molecule has 0 aromatic carbocycles. The van der Waals surface area contributed by atoms with Gasteiger partial charge in [-0.05, 0) is 83.1 Å². The SMILES string of the molecule is CC(C)(C)C(=O)OCCOCCOCC(COCCOCCOC(=O)C(C)(C)C)(COCCOCCOC(=O)C(C)(C)C)COCCOCCOC(=O)C(C)(C)C. The van der Waals surface area contributed by atoms with Crippen LogP contribution in [0.4, 0.5) is 0 Å². The first kappa shape index (κ1) is 54.6. The van der Waals surface area contributed by atoms with Gasteiger partial charge in [-0.2, -0.15) is 0 Å². The summed E-state index contributed by atoms with van der Waals surface area (Å²) in [6.07, 6.45) is 0. The van der Waals surface area contributed by atoms with E-state index in [2.05, 4.69) is 0 Å². The first-order valence-electron chi connectivity index (χ1n) is 19.8. The number of esters is 4. The minimum absolute atomic E-state index is 0.138. The molecule has 0 aliphatic rings. The van der Waals surface area contributed by atoms with E-state index in [9.17, 15) is 19.2 Å². The van der Waals surface area contributed by atoms with Crippen molar-refractivity contribution >= 4 is 23.9 Å². The summed E-state index contributed by atoms with van der Waals surface area (Å²) in [5.74, 6) is -1.20. The molecule has 0 rings (SSSR count). The topological polar surface area (TPSA) is 179 Å². The van der Waals surface area contributed by atoms with Gasteiger partial charge in [0, 0.05) is 0 Å². The molecule has 0 spiro atoms. The van der Waals surface area contributed by atoms with Crippen LogP contribution in [0.25, 0.3) is 0 Å².